The summed E-state index contributed by atoms with van der Waals surface area (Å²) in [4.78, 5) is 14.5. The van der Waals surface area contributed by atoms with Crippen molar-refractivity contribution in [2.45, 2.75) is 6.04 Å². The lowest BCUT2D eigenvalue weighted by Gasteiger charge is -2.39. The third kappa shape index (κ3) is 1.98. The molecule has 1 aromatic heterocycles. The second kappa shape index (κ2) is 4.70. The fourth-order valence-electron chi connectivity index (χ4n) is 2.78. The van der Waals surface area contributed by atoms with Crippen molar-refractivity contribution in [3.63, 3.8) is 0 Å². The number of hydrogen-bond donors (Lipinski definition) is 0. The zero-order valence-electron chi connectivity index (χ0n) is 11.4. The van der Waals surface area contributed by atoms with Gasteiger partial charge in [0.05, 0.1) is 12.2 Å². The molecule has 0 spiro atoms. The van der Waals surface area contributed by atoms with Gasteiger partial charge in [-0.05, 0) is 16.8 Å². The van der Waals surface area contributed by atoms with Gasteiger partial charge in [0, 0.05) is 24.8 Å². The number of carbonyl (C=O) groups excluding carboxylic acids is 1. The fraction of sp³-hybridized carbons (Fsp3) is 0.188. The number of aromatic nitrogens is 3. The zero-order chi connectivity index (χ0) is 14.2. The average molecular weight is 278 g/mol. The van der Waals surface area contributed by atoms with Crippen LogP contribution in [-0.2, 0) is 0 Å². The Hall–Kier alpha value is -2.69. The number of nitrogens with zero attached hydrogens (tertiary/aromatic N) is 4. The molecule has 5 heteroatoms. The van der Waals surface area contributed by atoms with Crippen LogP contribution in [0.25, 0.3) is 10.8 Å². The van der Waals surface area contributed by atoms with Crippen LogP contribution >= 0.6 is 0 Å². The molecule has 0 saturated carbocycles. The Morgan fingerprint density at radius 2 is 1.90 bits per heavy atom. The van der Waals surface area contributed by atoms with Crippen LogP contribution in [0.3, 0.4) is 0 Å². The summed E-state index contributed by atoms with van der Waals surface area (Å²) < 4.78 is 1.81. The number of benzene rings is 2. The van der Waals surface area contributed by atoms with E-state index in [2.05, 4.69) is 10.3 Å². The Morgan fingerprint density at radius 3 is 2.71 bits per heavy atom. The summed E-state index contributed by atoms with van der Waals surface area (Å²) in [5.74, 6) is 0.0863. The van der Waals surface area contributed by atoms with Gasteiger partial charge in [-0.25, -0.2) is 4.68 Å². The highest BCUT2D eigenvalue weighted by molar-refractivity contribution is 6.07. The zero-order valence-corrected chi connectivity index (χ0v) is 11.4. The first-order valence-corrected chi connectivity index (χ1v) is 6.96. The highest BCUT2D eigenvalue weighted by atomic mass is 16.2. The molecule has 0 bridgehead atoms. The quantitative estimate of drug-likeness (QED) is 0.721. The third-order valence-electron chi connectivity index (χ3n) is 3.98. The van der Waals surface area contributed by atoms with Crippen LogP contribution in [-0.4, -0.2) is 38.9 Å². The van der Waals surface area contributed by atoms with Crippen LogP contribution in [0, 0.1) is 0 Å². The molecule has 5 nitrogen and oxygen atoms in total. The number of amides is 1. The molecule has 1 fully saturated rings. The lowest BCUT2D eigenvalue weighted by Crippen LogP contribution is -2.50. The Kier molecular flexibility index (Phi) is 2.70. The minimum absolute atomic E-state index is 0.0863. The Morgan fingerprint density at radius 1 is 1.10 bits per heavy atom. The SMILES string of the molecule is O=C(c1cccc2ccccc12)N1CC(n2ccnn2)C1. The average Bonchev–Trinajstić information content (AvgIpc) is 2.99. The normalized spacial score (nSPS) is 15.1. The van der Waals surface area contributed by atoms with E-state index in [0.29, 0.717) is 13.1 Å². The number of rotatable bonds is 2. The molecule has 1 aliphatic heterocycles. The van der Waals surface area contributed by atoms with Crippen molar-refractivity contribution >= 4 is 16.7 Å². The maximum atomic E-state index is 12.6. The van der Waals surface area contributed by atoms with Crippen LogP contribution in [0.2, 0.25) is 0 Å². The van der Waals surface area contributed by atoms with Gasteiger partial charge in [-0.15, -0.1) is 5.10 Å². The van der Waals surface area contributed by atoms with E-state index in [1.165, 1.54) is 0 Å². The van der Waals surface area contributed by atoms with Gasteiger partial charge < -0.3 is 4.90 Å². The van der Waals surface area contributed by atoms with Crippen LogP contribution < -0.4 is 0 Å². The summed E-state index contributed by atoms with van der Waals surface area (Å²) in [5.41, 5.74) is 0.769. The fourth-order valence-corrected chi connectivity index (χ4v) is 2.78. The Bertz CT molecular complexity index is 786. The third-order valence-corrected chi connectivity index (χ3v) is 3.98. The second-order valence-electron chi connectivity index (χ2n) is 5.27. The largest absolute Gasteiger partial charge is 0.334 e. The first kappa shape index (κ1) is 12.1. The van der Waals surface area contributed by atoms with E-state index in [9.17, 15) is 4.79 Å². The van der Waals surface area contributed by atoms with E-state index < -0.39 is 0 Å². The molecule has 2 heterocycles. The predicted molar refractivity (Wildman–Crippen MR) is 78.9 cm³/mol. The van der Waals surface area contributed by atoms with Gasteiger partial charge in [0.1, 0.15) is 0 Å². The summed E-state index contributed by atoms with van der Waals surface area (Å²) in [6, 6.07) is 14.1. The number of fused-ring (bicyclic) bond motifs is 1. The molecule has 104 valence electrons. The Balaban J connectivity index is 1.58. The first-order valence-electron chi connectivity index (χ1n) is 6.96. The molecule has 0 aliphatic carbocycles. The molecular weight excluding hydrogens is 264 g/mol. The topological polar surface area (TPSA) is 51.0 Å². The molecule has 0 atom stereocenters. The van der Waals surface area contributed by atoms with Gasteiger partial charge in [0.15, 0.2) is 0 Å². The van der Waals surface area contributed by atoms with Gasteiger partial charge in [-0.1, -0.05) is 41.6 Å². The van der Waals surface area contributed by atoms with E-state index in [4.69, 9.17) is 0 Å². The molecule has 0 radical (unpaired) electrons. The summed E-state index contributed by atoms with van der Waals surface area (Å²) in [5, 5.41) is 9.89. The van der Waals surface area contributed by atoms with Crippen LogP contribution in [0.4, 0.5) is 0 Å². The van der Waals surface area contributed by atoms with Gasteiger partial charge >= 0.3 is 0 Å². The Labute approximate surface area is 121 Å². The molecule has 1 saturated heterocycles. The molecular formula is C16H14N4O. The molecule has 2 aromatic carbocycles. The maximum absolute atomic E-state index is 12.6. The number of hydrogen-bond acceptors (Lipinski definition) is 3. The predicted octanol–water partition coefficient (Wildman–Crippen LogP) is 2.13. The monoisotopic (exact) mass is 278 g/mol. The van der Waals surface area contributed by atoms with E-state index in [1.807, 2.05) is 58.2 Å². The molecule has 21 heavy (non-hydrogen) atoms. The molecule has 1 aliphatic rings. The molecule has 1 amide bonds. The van der Waals surface area contributed by atoms with Gasteiger partial charge in [0.2, 0.25) is 0 Å². The summed E-state index contributed by atoms with van der Waals surface area (Å²) >= 11 is 0. The lowest BCUT2D eigenvalue weighted by atomic mass is 10.0. The van der Waals surface area contributed by atoms with Gasteiger partial charge in [0.25, 0.3) is 5.91 Å². The van der Waals surface area contributed by atoms with Crippen molar-refractivity contribution in [1.82, 2.24) is 19.9 Å². The van der Waals surface area contributed by atoms with E-state index in [0.717, 1.165) is 16.3 Å². The molecule has 3 aromatic rings. The maximum Gasteiger partial charge on any atom is 0.254 e. The standard InChI is InChI=1S/C16H14N4O/c21-16(19-10-13(11-19)20-9-8-17-18-20)15-7-3-5-12-4-1-2-6-14(12)15/h1-9,13H,10-11H2. The van der Waals surface area contributed by atoms with E-state index in [1.54, 1.807) is 6.20 Å². The van der Waals surface area contributed by atoms with E-state index >= 15 is 0 Å². The smallest absolute Gasteiger partial charge is 0.254 e. The van der Waals surface area contributed by atoms with Crippen LogP contribution in [0.1, 0.15) is 16.4 Å². The highest BCUT2D eigenvalue weighted by Gasteiger charge is 2.33. The van der Waals surface area contributed by atoms with Crippen molar-refractivity contribution in [2.75, 3.05) is 13.1 Å². The minimum Gasteiger partial charge on any atom is -0.334 e. The van der Waals surface area contributed by atoms with Gasteiger partial charge in [-0.2, -0.15) is 0 Å². The summed E-state index contributed by atoms with van der Waals surface area (Å²) in [6.07, 6.45) is 3.50. The van der Waals surface area contributed by atoms with Crippen LogP contribution in [0.5, 0.6) is 0 Å². The molecule has 0 unspecified atom stereocenters. The first-order chi connectivity index (χ1) is 10.3. The summed E-state index contributed by atoms with van der Waals surface area (Å²) in [6.45, 7) is 1.37. The lowest BCUT2D eigenvalue weighted by molar-refractivity contribution is 0.0500. The van der Waals surface area contributed by atoms with E-state index in [-0.39, 0.29) is 11.9 Å². The summed E-state index contributed by atoms with van der Waals surface area (Å²) in [7, 11) is 0. The van der Waals surface area contributed by atoms with Crippen molar-refractivity contribution in [3.05, 3.63) is 60.4 Å². The molecule has 0 N–H and O–H groups in total. The van der Waals surface area contributed by atoms with Gasteiger partial charge in [-0.3, -0.25) is 4.79 Å². The number of carbonyl (C=O) groups is 1. The number of likely N-dealkylation sites (tertiary alicyclic amines) is 1. The van der Waals surface area contributed by atoms with Crippen molar-refractivity contribution in [3.8, 4) is 0 Å². The highest BCUT2D eigenvalue weighted by Crippen LogP contribution is 2.25. The minimum atomic E-state index is 0.0863. The molecule has 4 rings (SSSR count). The van der Waals surface area contributed by atoms with Crippen molar-refractivity contribution in [1.29, 1.82) is 0 Å². The second-order valence-corrected chi connectivity index (χ2v) is 5.27. The van der Waals surface area contributed by atoms with Crippen LogP contribution in [0.15, 0.2) is 54.9 Å². The van der Waals surface area contributed by atoms with Crippen molar-refractivity contribution in [2.24, 2.45) is 0 Å². The van der Waals surface area contributed by atoms with Crippen molar-refractivity contribution < 1.29 is 4.79 Å².